The van der Waals surface area contributed by atoms with Crippen LogP contribution in [-0.2, 0) is 6.42 Å². The Kier molecular flexibility index (Phi) is 4.95. The number of benzene rings is 2. The number of nitrogens with zero attached hydrogens (tertiary/aromatic N) is 2. The molecular weight excluding hydrogens is 500 g/mol. The van der Waals surface area contributed by atoms with E-state index >= 15 is 0 Å². The van der Waals surface area contributed by atoms with Gasteiger partial charge in [-0.15, -0.1) is 0 Å². The summed E-state index contributed by atoms with van der Waals surface area (Å²) in [5.41, 5.74) is 6.15. The first-order valence-electron chi connectivity index (χ1n) is 11.7. The Balaban J connectivity index is 1.23. The second-order valence-electron chi connectivity index (χ2n) is 10.1. The van der Waals surface area contributed by atoms with Crippen molar-refractivity contribution in [3.63, 3.8) is 0 Å². The Morgan fingerprint density at radius 1 is 0.833 bits per heavy atom. The van der Waals surface area contributed by atoms with E-state index in [1.807, 2.05) is 0 Å². The molecule has 30 heavy (non-hydrogen) atoms. The van der Waals surface area contributed by atoms with Crippen LogP contribution in [0.5, 0.6) is 0 Å². The van der Waals surface area contributed by atoms with E-state index in [0.29, 0.717) is 12.0 Å². The van der Waals surface area contributed by atoms with Crippen molar-refractivity contribution >= 4 is 43.2 Å². The molecule has 2 aliphatic heterocycles. The molecule has 4 aliphatic rings. The molecule has 2 aromatic carbocycles. The predicted octanol–water partition coefficient (Wildman–Crippen LogP) is 7.15. The fourth-order valence-corrected chi connectivity index (χ4v) is 7.45. The van der Waals surface area contributed by atoms with Gasteiger partial charge in [0, 0.05) is 51.4 Å². The van der Waals surface area contributed by atoms with Crippen LogP contribution in [0.25, 0.3) is 0 Å². The van der Waals surface area contributed by atoms with Gasteiger partial charge in [-0.1, -0.05) is 50.9 Å². The third-order valence-corrected chi connectivity index (χ3v) is 9.31. The van der Waals surface area contributed by atoms with Crippen molar-refractivity contribution in [3.8, 4) is 0 Å². The molecule has 2 heterocycles. The average molecular weight is 530 g/mol. The third-order valence-electron chi connectivity index (χ3n) is 8.32. The van der Waals surface area contributed by atoms with Gasteiger partial charge in [0.25, 0.3) is 0 Å². The van der Waals surface area contributed by atoms with Crippen LogP contribution in [0, 0.1) is 11.8 Å². The van der Waals surface area contributed by atoms with Gasteiger partial charge in [-0.2, -0.15) is 0 Å². The first-order valence-corrected chi connectivity index (χ1v) is 13.3. The molecule has 2 aromatic rings. The normalized spacial score (nSPS) is 32.3. The topological polar surface area (TPSA) is 6.48 Å². The summed E-state index contributed by atoms with van der Waals surface area (Å²) in [6.45, 7) is 4.84. The number of halogens is 2. The molecule has 3 unspecified atom stereocenters. The van der Waals surface area contributed by atoms with Gasteiger partial charge in [-0.3, -0.25) is 0 Å². The summed E-state index contributed by atoms with van der Waals surface area (Å²) in [4.78, 5) is 5.49. The summed E-state index contributed by atoms with van der Waals surface area (Å²) >= 11 is 7.43. The highest BCUT2D eigenvalue weighted by molar-refractivity contribution is 9.10. The second kappa shape index (κ2) is 7.55. The molecule has 2 saturated carbocycles. The van der Waals surface area contributed by atoms with Crippen LogP contribution in [-0.4, -0.2) is 25.2 Å². The highest BCUT2D eigenvalue weighted by Crippen LogP contribution is 2.51. The highest BCUT2D eigenvalue weighted by Gasteiger charge is 2.43. The number of hydrogen-bond donors (Lipinski definition) is 0. The minimum atomic E-state index is 0.707. The van der Waals surface area contributed by atoms with E-state index in [-0.39, 0.29) is 0 Å². The summed E-state index contributed by atoms with van der Waals surface area (Å²) in [6, 6.07) is 15.4. The number of fused-ring (bicyclic) bond motifs is 2. The van der Waals surface area contributed by atoms with Crippen molar-refractivity contribution in [1.82, 2.24) is 0 Å². The van der Waals surface area contributed by atoms with Crippen LogP contribution < -0.4 is 9.80 Å². The van der Waals surface area contributed by atoms with E-state index in [1.165, 1.54) is 77.5 Å². The zero-order valence-corrected chi connectivity index (χ0v) is 20.8. The van der Waals surface area contributed by atoms with Crippen molar-refractivity contribution in [2.24, 2.45) is 11.8 Å². The van der Waals surface area contributed by atoms with E-state index in [1.54, 1.807) is 5.56 Å². The van der Waals surface area contributed by atoms with E-state index in [0.717, 1.165) is 17.9 Å². The molecule has 4 heteroatoms. The summed E-state index contributed by atoms with van der Waals surface area (Å²) < 4.78 is 2.44. The minimum absolute atomic E-state index is 0.707. The fourth-order valence-electron chi connectivity index (χ4n) is 6.75. The average Bonchev–Trinajstić information content (AvgIpc) is 3.41. The lowest BCUT2D eigenvalue weighted by Gasteiger charge is -2.41. The molecule has 3 atom stereocenters. The summed E-state index contributed by atoms with van der Waals surface area (Å²) in [5.74, 6) is 2.42. The van der Waals surface area contributed by atoms with Crippen molar-refractivity contribution in [1.29, 1.82) is 0 Å². The maximum atomic E-state index is 3.74. The molecule has 0 amide bonds. The molecular formula is C26H30Br2N2. The first-order chi connectivity index (χ1) is 14.6. The highest BCUT2D eigenvalue weighted by atomic mass is 79.9. The third kappa shape index (κ3) is 3.24. The van der Waals surface area contributed by atoms with Gasteiger partial charge >= 0.3 is 0 Å². The lowest BCUT2D eigenvalue weighted by Crippen LogP contribution is -2.43. The number of hydrogen-bond acceptors (Lipinski definition) is 2. The molecule has 0 saturated heterocycles. The Morgan fingerprint density at radius 2 is 1.60 bits per heavy atom. The molecule has 6 rings (SSSR count). The Hall–Kier alpha value is -1.00. The van der Waals surface area contributed by atoms with Crippen molar-refractivity contribution in [3.05, 3.63) is 56.5 Å². The molecule has 0 bridgehead atoms. The molecule has 2 aliphatic carbocycles. The molecule has 0 aromatic heterocycles. The van der Waals surface area contributed by atoms with E-state index in [2.05, 4.69) is 85.0 Å². The Bertz CT molecular complexity index is 968. The molecule has 0 N–H and O–H groups in total. The zero-order chi connectivity index (χ0) is 20.4. The van der Waals surface area contributed by atoms with Crippen LogP contribution in [0.3, 0.4) is 0 Å². The van der Waals surface area contributed by atoms with Gasteiger partial charge in [0.1, 0.15) is 0 Å². The van der Waals surface area contributed by atoms with Gasteiger partial charge in [0.05, 0.1) is 0 Å². The zero-order valence-electron chi connectivity index (χ0n) is 17.7. The lowest BCUT2D eigenvalue weighted by molar-refractivity contribution is 0.270. The van der Waals surface area contributed by atoms with Gasteiger partial charge in [-0.05, 0) is 85.8 Å². The van der Waals surface area contributed by atoms with Gasteiger partial charge < -0.3 is 9.80 Å². The minimum Gasteiger partial charge on any atom is -0.368 e. The summed E-state index contributed by atoms with van der Waals surface area (Å²) in [7, 11) is 0. The van der Waals surface area contributed by atoms with Crippen molar-refractivity contribution in [2.75, 3.05) is 22.9 Å². The largest absolute Gasteiger partial charge is 0.368 e. The van der Waals surface area contributed by atoms with Crippen LogP contribution in [0.1, 0.15) is 56.1 Å². The monoisotopic (exact) mass is 528 g/mol. The standard InChI is InChI=1S/C26H30Br2N2/c1-16-10-22(11-16)30-15-24(23-7-5-20(28)14-26(23)30)18-3-6-21(12-18)29-9-8-17-2-4-19(27)13-25(17)29/h2,4-5,7,13-14,16,18,21-22,24H,3,6,8-12,15H2,1H3. The van der Waals surface area contributed by atoms with E-state index in [4.69, 9.17) is 0 Å². The maximum Gasteiger partial charge on any atom is 0.0416 e. The quantitative estimate of drug-likeness (QED) is 0.416. The van der Waals surface area contributed by atoms with Crippen molar-refractivity contribution in [2.45, 2.75) is 63.5 Å². The van der Waals surface area contributed by atoms with E-state index < -0.39 is 0 Å². The van der Waals surface area contributed by atoms with E-state index in [9.17, 15) is 0 Å². The van der Waals surface area contributed by atoms with Gasteiger partial charge in [0.15, 0.2) is 0 Å². The van der Waals surface area contributed by atoms with Crippen LogP contribution in [0.15, 0.2) is 45.3 Å². The smallest absolute Gasteiger partial charge is 0.0416 e. The molecule has 0 spiro atoms. The second-order valence-corrected chi connectivity index (χ2v) is 12.0. The van der Waals surface area contributed by atoms with Crippen LogP contribution >= 0.6 is 31.9 Å². The number of anilines is 2. The lowest BCUT2D eigenvalue weighted by atomic mass is 9.80. The fraction of sp³-hybridized carbons (Fsp3) is 0.538. The Morgan fingerprint density at radius 3 is 2.40 bits per heavy atom. The van der Waals surface area contributed by atoms with Gasteiger partial charge in [0.2, 0.25) is 0 Å². The maximum absolute atomic E-state index is 3.74. The molecule has 0 radical (unpaired) electrons. The number of rotatable bonds is 3. The van der Waals surface area contributed by atoms with Crippen LogP contribution in [0.2, 0.25) is 0 Å². The Labute approximate surface area is 197 Å². The summed E-state index contributed by atoms with van der Waals surface area (Å²) in [6.07, 6.45) is 8.01. The van der Waals surface area contributed by atoms with Crippen LogP contribution in [0.4, 0.5) is 11.4 Å². The van der Waals surface area contributed by atoms with Gasteiger partial charge in [-0.25, -0.2) is 0 Å². The molecule has 2 fully saturated rings. The van der Waals surface area contributed by atoms with Crippen molar-refractivity contribution < 1.29 is 0 Å². The summed E-state index contributed by atoms with van der Waals surface area (Å²) in [5, 5.41) is 0. The molecule has 158 valence electrons. The SMILES string of the molecule is CC1CC(N2CC(C3CCC(N4CCc5ccc(Br)cc54)C3)c3ccc(Br)cc32)C1. The predicted molar refractivity (Wildman–Crippen MR) is 133 cm³/mol. The molecule has 2 nitrogen and oxygen atoms in total. The first kappa shape index (κ1) is 19.7.